The van der Waals surface area contributed by atoms with Crippen molar-refractivity contribution in [1.82, 2.24) is 10.2 Å². The summed E-state index contributed by atoms with van der Waals surface area (Å²) in [7, 11) is 0. The fraction of sp³-hybridized carbons (Fsp3) is 0.364. The highest BCUT2D eigenvalue weighted by Crippen LogP contribution is 2.23. The molecule has 0 saturated heterocycles. The van der Waals surface area contributed by atoms with Gasteiger partial charge in [-0.2, -0.15) is 0 Å². The van der Waals surface area contributed by atoms with Gasteiger partial charge in [0, 0.05) is 27.5 Å². The van der Waals surface area contributed by atoms with Gasteiger partial charge in [-0.25, -0.2) is 0 Å². The molecule has 2 amide bonds. The van der Waals surface area contributed by atoms with Gasteiger partial charge >= 0.3 is 0 Å². The number of nitrogens with one attached hydrogen (secondary N) is 1. The van der Waals surface area contributed by atoms with Crippen molar-refractivity contribution in [1.29, 1.82) is 0 Å². The van der Waals surface area contributed by atoms with Gasteiger partial charge in [0.2, 0.25) is 11.8 Å². The van der Waals surface area contributed by atoms with E-state index in [-0.39, 0.29) is 30.2 Å². The van der Waals surface area contributed by atoms with Crippen LogP contribution in [0.1, 0.15) is 32.8 Å². The molecule has 0 heterocycles. The second-order valence-electron chi connectivity index (χ2n) is 6.85. The molecule has 0 radical (unpaired) electrons. The molecule has 0 aliphatic heterocycles. The minimum Gasteiger partial charge on any atom is -0.352 e. The lowest BCUT2D eigenvalue weighted by molar-refractivity contribution is -0.138. The molecule has 2 unspecified atom stereocenters. The predicted octanol–water partition coefficient (Wildman–Crippen LogP) is 5.42. The number of rotatable bonds is 9. The average Bonchev–Trinajstić information content (AvgIpc) is 2.71. The SMILES string of the molecule is CCC(C)NC(=O)C(C)N(Cc1ccccc1Cl)C(=O)CSc1ccc(Cl)cc1. The van der Waals surface area contributed by atoms with E-state index in [2.05, 4.69) is 5.32 Å². The zero-order valence-electron chi connectivity index (χ0n) is 16.8. The molecule has 0 aromatic heterocycles. The molecule has 2 rings (SSSR count). The first-order valence-corrected chi connectivity index (χ1v) is 11.3. The van der Waals surface area contributed by atoms with Gasteiger partial charge < -0.3 is 10.2 Å². The van der Waals surface area contributed by atoms with Crippen molar-refractivity contribution in [3.8, 4) is 0 Å². The monoisotopic (exact) mass is 452 g/mol. The van der Waals surface area contributed by atoms with Crippen LogP contribution in [0.4, 0.5) is 0 Å². The maximum absolute atomic E-state index is 13.1. The molecule has 156 valence electrons. The Bertz CT molecular complexity index is 830. The summed E-state index contributed by atoms with van der Waals surface area (Å²) in [6, 6.07) is 14.1. The minimum absolute atomic E-state index is 0.0469. The third-order valence-corrected chi connectivity index (χ3v) is 6.26. The summed E-state index contributed by atoms with van der Waals surface area (Å²) in [5.41, 5.74) is 0.808. The van der Waals surface area contributed by atoms with Crippen molar-refractivity contribution in [2.45, 2.75) is 50.7 Å². The van der Waals surface area contributed by atoms with Crippen molar-refractivity contribution in [3.05, 3.63) is 64.1 Å². The smallest absolute Gasteiger partial charge is 0.242 e. The van der Waals surface area contributed by atoms with Gasteiger partial charge in [0.05, 0.1) is 5.75 Å². The Labute approximate surface area is 187 Å². The Kier molecular flexibility index (Phi) is 9.34. The largest absolute Gasteiger partial charge is 0.352 e. The standard InChI is InChI=1S/C22H26Cl2N2O2S/c1-4-15(2)25-22(28)16(3)26(13-17-7-5-6-8-20(17)24)21(27)14-29-19-11-9-18(23)10-12-19/h5-12,15-16H,4,13-14H2,1-3H3,(H,25,28). The molecule has 2 aromatic rings. The van der Waals surface area contributed by atoms with E-state index >= 15 is 0 Å². The van der Waals surface area contributed by atoms with Crippen molar-refractivity contribution in [2.75, 3.05) is 5.75 Å². The van der Waals surface area contributed by atoms with Gasteiger partial charge in [0.25, 0.3) is 0 Å². The van der Waals surface area contributed by atoms with E-state index in [4.69, 9.17) is 23.2 Å². The van der Waals surface area contributed by atoms with Gasteiger partial charge in [0.1, 0.15) is 6.04 Å². The van der Waals surface area contributed by atoms with Crippen LogP contribution in [0.3, 0.4) is 0 Å². The molecule has 4 nitrogen and oxygen atoms in total. The molecule has 2 atom stereocenters. The molecule has 1 N–H and O–H groups in total. The van der Waals surface area contributed by atoms with Crippen molar-refractivity contribution < 1.29 is 9.59 Å². The zero-order valence-corrected chi connectivity index (χ0v) is 19.2. The third kappa shape index (κ3) is 7.25. The number of carbonyl (C=O) groups is 2. The van der Waals surface area contributed by atoms with Crippen LogP contribution < -0.4 is 5.32 Å². The number of hydrogen-bond donors (Lipinski definition) is 1. The first kappa shape index (κ1) is 23.6. The predicted molar refractivity (Wildman–Crippen MR) is 122 cm³/mol. The van der Waals surface area contributed by atoms with E-state index < -0.39 is 6.04 Å². The van der Waals surface area contributed by atoms with Crippen molar-refractivity contribution in [3.63, 3.8) is 0 Å². The van der Waals surface area contributed by atoms with E-state index in [0.29, 0.717) is 10.0 Å². The number of halogens is 2. The van der Waals surface area contributed by atoms with Crippen LogP contribution in [0, 0.1) is 0 Å². The Morgan fingerprint density at radius 3 is 2.34 bits per heavy atom. The average molecular weight is 453 g/mol. The lowest BCUT2D eigenvalue weighted by atomic mass is 10.1. The van der Waals surface area contributed by atoms with E-state index in [1.165, 1.54) is 11.8 Å². The van der Waals surface area contributed by atoms with Gasteiger partial charge in [0.15, 0.2) is 0 Å². The number of amides is 2. The summed E-state index contributed by atoms with van der Waals surface area (Å²) < 4.78 is 0. The van der Waals surface area contributed by atoms with Crippen LogP contribution in [-0.2, 0) is 16.1 Å². The zero-order chi connectivity index (χ0) is 21.4. The van der Waals surface area contributed by atoms with Crippen LogP contribution in [0.2, 0.25) is 10.0 Å². The number of benzene rings is 2. The van der Waals surface area contributed by atoms with Crippen LogP contribution in [0.25, 0.3) is 0 Å². The highest BCUT2D eigenvalue weighted by molar-refractivity contribution is 8.00. The highest BCUT2D eigenvalue weighted by atomic mass is 35.5. The van der Waals surface area contributed by atoms with Gasteiger partial charge in [-0.05, 0) is 56.2 Å². The van der Waals surface area contributed by atoms with E-state index in [0.717, 1.165) is 16.9 Å². The number of hydrogen-bond acceptors (Lipinski definition) is 3. The van der Waals surface area contributed by atoms with Crippen molar-refractivity contribution >= 4 is 46.8 Å². The highest BCUT2D eigenvalue weighted by Gasteiger charge is 2.27. The van der Waals surface area contributed by atoms with Crippen LogP contribution in [-0.4, -0.2) is 34.6 Å². The molecular weight excluding hydrogens is 427 g/mol. The third-order valence-electron chi connectivity index (χ3n) is 4.64. The Morgan fingerprint density at radius 2 is 1.72 bits per heavy atom. The molecule has 0 bridgehead atoms. The van der Waals surface area contributed by atoms with Crippen LogP contribution >= 0.6 is 35.0 Å². The second-order valence-corrected chi connectivity index (χ2v) is 8.74. The van der Waals surface area contributed by atoms with Crippen LogP contribution in [0.15, 0.2) is 53.4 Å². The van der Waals surface area contributed by atoms with Gasteiger partial charge in [-0.3, -0.25) is 9.59 Å². The van der Waals surface area contributed by atoms with Crippen LogP contribution in [0.5, 0.6) is 0 Å². The van der Waals surface area contributed by atoms with Gasteiger partial charge in [-0.1, -0.05) is 48.3 Å². The van der Waals surface area contributed by atoms with E-state index in [1.807, 2.05) is 44.2 Å². The van der Waals surface area contributed by atoms with E-state index in [1.54, 1.807) is 30.0 Å². The summed E-state index contributed by atoms with van der Waals surface area (Å²) in [6.45, 7) is 5.97. The minimum atomic E-state index is -0.612. The molecule has 29 heavy (non-hydrogen) atoms. The Morgan fingerprint density at radius 1 is 1.07 bits per heavy atom. The maximum atomic E-state index is 13.1. The van der Waals surface area contributed by atoms with Gasteiger partial charge in [-0.15, -0.1) is 11.8 Å². The molecule has 2 aromatic carbocycles. The Hall–Kier alpha value is -1.69. The molecule has 0 spiro atoms. The Balaban J connectivity index is 2.15. The number of thioether (sulfide) groups is 1. The molecule has 0 fully saturated rings. The second kappa shape index (κ2) is 11.5. The summed E-state index contributed by atoms with van der Waals surface area (Å²) in [5.74, 6) is -0.0829. The molecular formula is C22H26Cl2N2O2S. The van der Waals surface area contributed by atoms with E-state index in [9.17, 15) is 9.59 Å². The molecule has 0 aliphatic carbocycles. The first-order valence-electron chi connectivity index (χ1n) is 9.53. The fourth-order valence-electron chi connectivity index (χ4n) is 2.62. The lowest BCUT2D eigenvalue weighted by Crippen LogP contribution is -2.50. The number of carbonyl (C=O) groups excluding carboxylic acids is 2. The quantitative estimate of drug-likeness (QED) is 0.516. The maximum Gasteiger partial charge on any atom is 0.242 e. The molecule has 7 heteroatoms. The summed E-state index contributed by atoms with van der Waals surface area (Å²) >= 11 is 13.6. The normalized spacial score (nSPS) is 12.9. The van der Waals surface area contributed by atoms with Crippen molar-refractivity contribution in [2.24, 2.45) is 0 Å². The summed E-state index contributed by atoms with van der Waals surface area (Å²) in [5, 5.41) is 4.18. The summed E-state index contributed by atoms with van der Waals surface area (Å²) in [4.78, 5) is 28.3. The summed E-state index contributed by atoms with van der Waals surface area (Å²) in [6.07, 6.45) is 0.823. The fourth-order valence-corrected chi connectivity index (χ4v) is 3.72. The first-order chi connectivity index (χ1) is 13.8. The topological polar surface area (TPSA) is 49.4 Å². The molecule has 0 aliphatic rings. The number of nitrogens with zero attached hydrogens (tertiary/aromatic N) is 1. The lowest BCUT2D eigenvalue weighted by Gasteiger charge is -2.30. The molecule has 0 saturated carbocycles.